The fourth-order valence-corrected chi connectivity index (χ4v) is 4.62. The molecule has 0 radical (unpaired) electrons. The molecule has 0 saturated carbocycles. The first kappa shape index (κ1) is 21.0. The van der Waals surface area contributed by atoms with Crippen molar-refractivity contribution < 1.29 is 9.90 Å². The molecule has 3 heterocycles. The smallest absolute Gasteiger partial charge is 0.310 e. The van der Waals surface area contributed by atoms with Crippen LogP contribution in [0, 0.1) is 12.8 Å². The molecule has 0 bridgehead atoms. The van der Waals surface area contributed by atoms with E-state index >= 15 is 0 Å². The van der Waals surface area contributed by atoms with Gasteiger partial charge in [0, 0.05) is 33.4 Å². The Balaban J connectivity index is 1.49. The summed E-state index contributed by atoms with van der Waals surface area (Å²) in [4.78, 5) is 21.6. The number of carboxylic acids is 1. The first-order chi connectivity index (χ1) is 16.0. The Bertz CT molecular complexity index is 1410. The van der Waals surface area contributed by atoms with Gasteiger partial charge in [-0.15, -0.1) is 0 Å². The maximum atomic E-state index is 11.2. The van der Waals surface area contributed by atoms with Crippen LogP contribution in [0.1, 0.15) is 12.0 Å². The summed E-state index contributed by atoms with van der Waals surface area (Å²) in [5.41, 5.74) is 11.6. The topological polar surface area (TPSA) is 106 Å². The molecule has 0 aliphatic heterocycles. The zero-order valence-corrected chi connectivity index (χ0v) is 18.7. The number of hydrogen-bond donors (Lipinski definition) is 2. The number of thioether (sulfide) groups is 1. The monoisotopic (exact) mass is 455 g/mol. The van der Waals surface area contributed by atoms with Crippen LogP contribution in [-0.2, 0) is 4.79 Å². The highest BCUT2D eigenvalue weighted by molar-refractivity contribution is 8.03. The van der Waals surface area contributed by atoms with Crippen molar-refractivity contribution in [1.29, 1.82) is 0 Å². The van der Waals surface area contributed by atoms with Gasteiger partial charge >= 0.3 is 5.97 Å². The highest BCUT2D eigenvalue weighted by atomic mass is 32.2. The molecule has 1 atom stereocenters. The zero-order chi connectivity index (χ0) is 22.9. The normalized spacial score (nSPS) is 15.5. The molecule has 0 fully saturated rings. The average molecular weight is 456 g/mol. The van der Waals surface area contributed by atoms with Crippen molar-refractivity contribution in [3.05, 3.63) is 83.6 Å². The molecule has 7 nitrogen and oxygen atoms in total. The van der Waals surface area contributed by atoms with Gasteiger partial charge in [-0.05, 0) is 19.4 Å². The molecular weight excluding hydrogens is 434 g/mol. The number of benzene rings is 1. The number of carbonyl (C=O) groups is 1. The van der Waals surface area contributed by atoms with Crippen LogP contribution in [0.5, 0.6) is 0 Å². The number of fused-ring (bicyclic) bond motifs is 1. The summed E-state index contributed by atoms with van der Waals surface area (Å²) >= 11 is 1.47. The quantitative estimate of drug-likeness (QED) is 0.409. The zero-order valence-electron chi connectivity index (χ0n) is 17.8. The van der Waals surface area contributed by atoms with Crippen molar-refractivity contribution in [3.63, 3.8) is 0 Å². The van der Waals surface area contributed by atoms with Gasteiger partial charge in [0.15, 0.2) is 5.65 Å². The fourth-order valence-electron chi connectivity index (χ4n) is 3.68. The lowest BCUT2D eigenvalue weighted by atomic mass is 10.0. The van der Waals surface area contributed by atoms with Crippen LogP contribution in [-0.4, -0.2) is 30.7 Å². The minimum atomic E-state index is -0.817. The molecule has 1 unspecified atom stereocenters. The van der Waals surface area contributed by atoms with Gasteiger partial charge in [-0.3, -0.25) is 9.78 Å². The first-order valence-corrected chi connectivity index (χ1v) is 11.3. The van der Waals surface area contributed by atoms with Gasteiger partial charge in [0.1, 0.15) is 10.8 Å². The molecule has 3 aromatic heterocycles. The Labute approximate surface area is 194 Å². The lowest BCUT2D eigenvalue weighted by Crippen LogP contribution is -2.11. The van der Waals surface area contributed by atoms with E-state index < -0.39 is 11.9 Å². The Morgan fingerprint density at radius 1 is 1.15 bits per heavy atom. The van der Waals surface area contributed by atoms with Crippen LogP contribution in [0.15, 0.2) is 83.0 Å². The molecular formula is C25H21N5O2S. The number of nitrogens with two attached hydrogens (primary N) is 1. The third-order valence-corrected chi connectivity index (χ3v) is 6.76. The molecule has 1 aromatic carbocycles. The number of carboxylic acid groups (broad SMARTS) is 1. The standard InChI is InChI=1S/C25H21N5O2S/c1-15-22(26)30-23(29-24(15)33-19-10-7-17(8-11-19)25(31)32)20(14-28-30)18-9-12-21(27-13-18)16-5-3-2-4-6-16/h2-7,9-14,17H,8,26H2,1H3,(H,31,32). The summed E-state index contributed by atoms with van der Waals surface area (Å²) in [6, 6.07) is 14.0. The Morgan fingerprint density at radius 3 is 2.64 bits per heavy atom. The van der Waals surface area contributed by atoms with Crippen molar-refractivity contribution in [1.82, 2.24) is 19.6 Å². The lowest BCUT2D eigenvalue weighted by Gasteiger charge is -2.14. The van der Waals surface area contributed by atoms with Gasteiger partial charge in [-0.1, -0.05) is 66.4 Å². The summed E-state index contributed by atoms with van der Waals surface area (Å²) in [5, 5.41) is 14.4. The van der Waals surface area contributed by atoms with Crippen molar-refractivity contribution in [3.8, 4) is 22.4 Å². The minimum absolute atomic E-state index is 0.461. The van der Waals surface area contributed by atoms with Crippen LogP contribution in [0.4, 0.5) is 5.82 Å². The van der Waals surface area contributed by atoms with Crippen LogP contribution < -0.4 is 5.73 Å². The number of hydrogen-bond acceptors (Lipinski definition) is 6. The van der Waals surface area contributed by atoms with Crippen molar-refractivity contribution in [2.45, 2.75) is 18.4 Å². The Hall–Kier alpha value is -3.91. The molecule has 3 N–H and O–H groups in total. The van der Waals surface area contributed by atoms with Crippen molar-refractivity contribution >= 4 is 29.2 Å². The maximum absolute atomic E-state index is 11.2. The van der Waals surface area contributed by atoms with E-state index in [1.165, 1.54) is 11.8 Å². The average Bonchev–Trinajstić information content (AvgIpc) is 3.27. The second-order valence-corrected chi connectivity index (χ2v) is 8.83. The number of nitrogen functional groups attached to an aromatic ring is 1. The molecule has 1 aliphatic rings. The highest BCUT2D eigenvalue weighted by Gasteiger charge is 2.19. The fraction of sp³-hybridized carbons (Fsp3) is 0.120. The number of anilines is 1. The third-order valence-electron chi connectivity index (χ3n) is 5.63. The molecule has 0 spiro atoms. The second kappa shape index (κ2) is 8.55. The number of rotatable bonds is 5. The van der Waals surface area contributed by atoms with Crippen LogP contribution in [0.3, 0.4) is 0 Å². The minimum Gasteiger partial charge on any atom is -0.481 e. The van der Waals surface area contributed by atoms with Crippen molar-refractivity contribution in [2.75, 3.05) is 5.73 Å². The summed E-state index contributed by atoms with van der Waals surface area (Å²) in [6.07, 6.45) is 9.51. The molecule has 0 amide bonds. The van der Waals surface area contributed by atoms with Crippen LogP contribution in [0.25, 0.3) is 28.0 Å². The van der Waals surface area contributed by atoms with E-state index in [1.807, 2.05) is 67.7 Å². The summed E-state index contributed by atoms with van der Waals surface area (Å²) in [6.45, 7) is 1.91. The van der Waals surface area contributed by atoms with Crippen LogP contribution >= 0.6 is 11.8 Å². The van der Waals surface area contributed by atoms with Gasteiger partial charge < -0.3 is 10.8 Å². The number of nitrogens with zero attached hydrogens (tertiary/aromatic N) is 4. The molecule has 33 heavy (non-hydrogen) atoms. The maximum Gasteiger partial charge on any atom is 0.310 e. The van der Waals surface area contributed by atoms with Gasteiger partial charge in [-0.25, -0.2) is 4.98 Å². The molecule has 164 valence electrons. The highest BCUT2D eigenvalue weighted by Crippen LogP contribution is 2.36. The first-order valence-electron chi connectivity index (χ1n) is 10.5. The second-order valence-electron chi connectivity index (χ2n) is 7.77. The Morgan fingerprint density at radius 2 is 1.97 bits per heavy atom. The number of allylic oxidation sites excluding steroid dienone is 2. The van der Waals surface area contributed by atoms with E-state index in [0.29, 0.717) is 17.9 Å². The largest absolute Gasteiger partial charge is 0.481 e. The van der Waals surface area contributed by atoms with E-state index in [9.17, 15) is 9.90 Å². The van der Waals surface area contributed by atoms with Gasteiger partial charge in [0.2, 0.25) is 0 Å². The number of aromatic nitrogens is 4. The van der Waals surface area contributed by atoms with Gasteiger partial charge in [0.25, 0.3) is 0 Å². The van der Waals surface area contributed by atoms with Gasteiger partial charge in [-0.2, -0.15) is 9.61 Å². The Kier molecular flexibility index (Phi) is 5.43. The van der Waals surface area contributed by atoms with E-state index in [4.69, 9.17) is 10.7 Å². The van der Waals surface area contributed by atoms with Crippen LogP contribution in [0.2, 0.25) is 0 Å². The molecule has 0 saturated heterocycles. The summed E-state index contributed by atoms with van der Waals surface area (Å²) in [5.74, 6) is -0.780. The number of pyridine rings is 1. The van der Waals surface area contributed by atoms with E-state index in [2.05, 4.69) is 10.1 Å². The molecule has 5 rings (SSSR count). The summed E-state index contributed by atoms with van der Waals surface area (Å²) in [7, 11) is 0. The molecule has 1 aliphatic carbocycles. The van der Waals surface area contributed by atoms with E-state index in [1.54, 1.807) is 16.8 Å². The summed E-state index contributed by atoms with van der Waals surface area (Å²) < 4.78 is 1.64. The number of aliphatic carboxylic acids is 1. The van der Waals surface area contributed by atoms with E-state index in [-0.39, 0.29) is 0 Å². The van der Waals surface area contributed by atoms with Crippen molar-refractivity contribution in [2.24, 2.45) is 5.92 Å². The predicted molar refractivity (Wildman–Crippen MR) is 130 cm³/mol. The van der Waals surface area contributed by atoms with Gasteiger partial charge in [0.05, 0.1) is 17.8 Å². The van der Waals surface area contributed by atoms with E-state index in [0.717, 1.165) is 37.9 Å². The third kappa shape index (κ3) is 4.01. The SMILES string of the molecule is Cc1c(SC2=CCC(C(=O)O)C=C2)nc2c(-c3ccc(-c4ccccc4)nc3)cnn2c1N. The predicted octanol–water partition coefficient (Wildman–Crippen LogP) is 4.99. The molecule has 4 aromatic rings. The molecule has 8 heteroatoms. The lowest BCUT2D eigenvalue weighted by molar-refractivity contribution is -0.139.